The quantitative estimate of drug-likeness (QED) is 0.725. The van der Waals surface area contributed by atoms with E-state index in [0.717, 1.165) is 25.8 Å². The van der Waals surface area contributed by atoms with E-state index in [2.05, 4.69) is 58.4 Å². The third-order valence-corrected chi connectivity index (χ3v) is 6.36. The first-order valence-corrected chi connectivity index (χ1v) is 9.70. The van der Waals surface area contributed by atoms with Gasteiger partial charge in [-0.15, -0.1) is 0 Å². The zero-order valence-electron chi connectivity index (χ0n) is 15.5. The average Bonchev–Trinajstić information content (AvgIpc) is 3.24. The lowest BCUT2D eigenvalue weighted by molar-refractivity contribution is -0.146. The molecule has 0 unspecified atom stereocenters. The van der Waals surface area contributed by atoms with Crippen molar-refractivity contribution in [2.75, 3.05) is 7.11 Å². The molecule has 3 atom stereocenters. The highest BCUT2D eigenvalue weighted by molar-refractivity contribution is 5.85. The minimum atomic E-state index is -0.152. The van der Waals surface area contributed by atoms with E-state index < -0.39 is 0 Å². The van der Waals surface area contributed by atoms with Gasteiger partial charge >= 0.3 is 5.97 Å². The summed E-state index contributed by atoms with van der Waals surface area (Å²) in [4.78, 5) is 18.5. The number of nitrogens with zero attached hydrogens (tertiary/aromatic N) is 1. The number of hydrogen-bond acceptors (Lipinski definition) is 3. The van der Waals surface area contributed by atoms with Gasteiger partial charge in [0.05, 0.1) is 7.11 Å². The summed E-state index contributed by atoms with van der Waals surface area (Å²) in [6, 6.07) is 19.2. The van der Waals surface area contributed by atoms with Crippen LogP contribution in [-0.4, -0.2) is 35.0 Å². The first kappa shape index (κ1) is 16.6. The van der Waals surface area contributed by atoms with Crippen LogP contribution >= 0.6 is 0 Å². The maximum Gasteiger partial charge on any atom is 0.323 e. The molecule has 1 fully saturated rings. The number of hydrogen-bond donors (Lipinski definition) is 1. The third kappa shape index (κ3) is 2.76. The summed E-state index contributed by atoms with van der Waals surface area (Å²) in [5.41, 5.74) is 5.24. The van der Waals surface area contributed by atoms with Crippen LogP contribution in [0.15, 0.2) is 54.6 Å². The third-order valence-electron chi connectivity index (χ3n) is 6.36. The predicted molar refractivity (Wildman–Crippen MR) is 105 cm³/mol. The maximum absolute atomic E-state index is 12.5. The van der Waals surface area contributed by atoms with Gasteiger partial charge in [-0.2, -0.15) is 0 Å². The summed E-state index contributed by atoms with van der Waals surface area (Å²) >= 11 is 0. The average molecular weight is 360 g/mol. The van der Waals surface area contributed by atoms with Crippen LogP contribution in [0.4, 0.5) is 0 Å². The van der Waals surface area contributed by atoms with Gasteiger partial charge in [0.25, 0.3) is 0 Å². The van der Waals surface area contributed by atoms with E-state index >= 15 is 0 Å². The van der Waals surface area contributed by atoms with Gasteiger partial charge in [0, 0.05) is 35.6 Å². The Morgan fingerprint density at radius 1 is 1.11 bits per heavy atom. The Labute approximate surface area is 159 Å². The van der Waals surface area contributed by atoms with E-state index in [1.807, 2.05) is 6.07 Å². The van der Waals surface area contributed by atoms with E-state index in [1.165, 1.54) is 34.8 Å². The van der Waals surface area contributed by atoms with Gasteiger partial charge < -0.3 is 9.72 Å². The molecular weight excluding hydrogens is 336 g/mol. The first-order valence-electron chi connectivity index (χ1n) is 9.70. The number of likely N-dealkylation sites (tertiary alicyclic amines) is 1. The van der Waals surface area contributed by atoms with Crippen molar-refractivity contribution >= 4 is 16.9 Å². The topological polar surface area (TPSA) is 45.3 Å². The first-order chi connectivity index (χ1) is 13.2. The Balaban J connectivity index is 1.50. The predicted octanol–water partition coefficient (Wildman–Crippen LogP) is 3.70. The lowest BCUT2D eigenvalue weighted by atomic mass is 9.82. The number of esters is 1. The van der Waals surface area contributed by atoms with Crippen LogP contribution in [0, 0.1) is 5.92 Å². The van der Waals surface area contributed by atoms with E-state index in [-0.39, 0.29) is 12.0 Å². The number of carbonyl (C=O) groups excluding carboxylic acids is 1. The fraction of sp³-hybridized carbons (Fsp3) is 0.348. The van der Waals surface area contributed by atoms with Crippen LogP contribution < -0.4 is 0 Å². The largest absolute Gasteiger partial charge is 0.468 e. The molecule has 138 valence electrons. The Morgan fingerprint density at radius 2 is 1.89 bits per heavy atom. The number of benzene rings is 2. The van der Waals surface area contributed by atoms with Crippen molar-refractivity contribution in [2.45, 2.75) is 37.9 Å². The minimum absolute atomic E-state index is 0.103. The van der Waals surface area contributed by atoms with Crippen molar-refractivity contribution in [3.8, 4) is 0 Å². The number of carbonyl (C=O) groups is 1. The lowest BCUT2D eigenvalue weighted by Gasteiger charge is -2.33. The highest BCUT2D eigenvalue weighted by Crippen LogP contribution is 2.42. The molecule has 0 bridgehead atoms. The highest BCUT2D eigenvalue weighted by Gasteiger charge is 2.47. The summed E-state index contributed by atoms with van der Waals surface area (Å²) in [5.74, 6) is 0.387. The molecule has 1 N–H and O–H groups in total. The number of fused-ring (bicyclic) bond motifs is 4. The van der Waals surface area contributed by atoms with Gasteiger partial charge in [-0.25, -0.2) is 0 Å². The summed E-state index contributed by atoms with van der Waals surface area (Å²) in [6.07, 6.45) is 2.88. The number of ether oxygens (including phenoxy) is 1. The van der Waals surface area contributed by atoms with Crippen molar-refractivity contribution in [2.24, 2.45) is 5.92 Å². The van der Waals surface area contributed by atoms with Crippen molar-refractivity contribution in [3.05, 3.63) is 71.4 Å². The molecule has 4 nitrogen and oxygen atoms in total. The molecule has 1 aliphatic carbocycles. The van der Waals surface area contributed by atoms with E-state index in [1.54, 1.807) is 0 Å². The smallest absolute Gasteiger partial charge is 0.323 e. The second-order valence-corrected chi connectivity index (χ2v) is 7.80. The molecule has 27 heavy (non-hydrogen) atoms. The van der Waals surface area contributed by atoms with Gasteiger partial charge in [-0.1, -0.05) is 48.5 Å². The van der Waals surface area contributed by atoms with Crippen LogP contribution in [0.2, 0.25) is 0 Å². The van der Waals surface area contributed by atoms with Gasteiger partial charge in [0.2, 0.25) is 0 Å². The second kappa shape index (κ2) is 6.54. The molecule has 1 aliphatic heterocycles. The normalized spacial score (nSPS) is 24.6. The Kier molecular flexibility index (Phi) is 4.01. The zero-order valence-corrected chi connectivity index (χ0v) is 15.5. The molecule has 0 radical (unpaired) electrons. The number of para-hydroxylation sites is 1. The van der Waals surface area contributed by atoms with Gasteiger partial charge in [0.15, 0.2) is 0 Å². The highest BCUT2D eigenvalue weighted by atomic mass is 16.5. The monoisotopic (exact) mass is 360 g/mol. The molecule has 1 saturated heterocycles. The molecule has 0 amide bonds. The second-order valence-electron chi connectivity index (χ2n) is 7.80. The Hall–Kier alpha value is -2.59. The maximum atomic E-state index is 12.5. The molecule has 0 spiro atoms. The molecule has 1 aromatic heterocycles. The zero-order chi connectivity index (χ0) is 18.4. The van der Waals surface area contributed by atoms with Crippen LogP contribution in [0.25, 0.3) is 10.9 Å². The Morgan fingerprint density at radius 3 is 2.70 bits per heavy atom. The number of methoxy groups -OCH3 is 1. The van der Waals surface area contributed by atoms with Crippen molar-refractivity contribution in [1.29, 1.82) is 0 Å². The molecular formula is C23H24N2O2. The van der Waals surface area contributed by atoms with Crippen LogP contribution in [0.5, 0.6) is 0 Å². The number of H-pyrrole nitrogens is 1. The molecule has 0 saturated carbocycles. The van der Waals surface area contributed by atoms with Crippen LogP contribution in [0.3, 0.4) is 0 Å². The van der Waals surface area contributed by atoms with Gasteiger partial charge in [0.1, 0.15) is 6.04 Å². The summed E-state index contributed by atoms with van der Waals surface area (Å²) < 4.78 is 5.15. The molecule has 2 aliphatic rings. The molecule has 4 heteroatoms. The number of aromatic amines is 1. The van der Waals surface area contributed by atoms with Crippen LogP contribution in [0.1, 0.15) is 23.2 Å². The van der Waals surface area contributed by atoms with Crippen molar-refractivity contribution in [3.63, 3.8) is 0 Å². The fourth-order valence-corrected chi connectivity index (χ4v) is 5.11. The van der Waals surface area contributed by atoms with Crippen LogP contribution in [-0.2, 0) is 28.9 Å². The van der Waals surface area contributed by atoms with Gasteiger partial charge in [-0.05, 0) is 36.0 Å². The number of aromatic nitrogens is 1. The van der Waals surface area contributed by atoms with E-state index in [0.29, 0.717) is 12.0 Å². The summed E-state index contributed by atoms with van der Waals surface area (Å²) in [7, 11) is 1.50. The van der Waals surface area contributed by atoms with E-state index in [4.69, 9.17) is 4.74 Å². The molecule has 3 aromatic rings. The Bertz CT molecular complexity index is 978. The molecule has 5 rings (SSSR count). The lowest BCUT2D eigenvalue weighted by Crippen LogP contribution is -2.43. The summed E-state index contributed by atoms with van der Waals surface area (Å²) in [6.45, 7) is 0.789. The van der Waals surface area contributed by atoms with E-state index in [9.17, 15) is 4.79 Å². The molecule has 2 aromatic carbocycles. The minimum Gasteiger partial charge on any atom is -0.468 e. The van der Waals surface area contributed by atoms with Crippen molar-refractivity contribution in [1.82, 2.24) is 9.88 Å². The SMILES string of the molecule is COC(=O)[C@@H]1C[C@H]2Cc3c([nH]c4ccccc34)C[C@@H]2N1Cc1ccccc1. The summed E-state index contributed by atoms with van der Waals surface area (Å²) in [5, 5.41) is 1.34. The van der Waals surface area contributed by atoms with Gasteiger partial charge in [-0.3, -0.25) is 9.69 Å². The van der Waals surface area contributed by atoms with Crippen molar-refractivity contribution < 1.29 is 9.53 Å². The number of nitrogens with one attached hydrogen (secondary N) is 1. The fourth-order valence-electron chi connectivity index (χ4n) is 5.11. The standard InChI is InChI=1S/C23H24N2O2/c1-27-23(26)22-12-16-11-18-17-9-5-6-10-19(17)24-20(18)13-21(16)25(22)14-15-7-3-2-4-8-15/h2-10,16,21-22,24H,11-14H2,1H3/t16-,21+,22+/m1/s1. The molecule has 2 heterocycles. The number of rotatable bonds is 3.